The van der Waals surface area contributed by atoms with Crippen molar-refractivity contribution in [3.8, 4) is 0 Å². The van der Waals surface area contributed by atoms with E-state index in [-0.39, 0.29) is 5.56 Å². The fourth-order valence-electron chi connectivity index (χ4n) is 1.25. The van der Waals surface area contributed by atoms with Gasteiger partial charge in [0, 0.05) is 10.9 Å². The number of benzene rings is 1. The molecule has 0 amide bonds. The van der Waals surface area contributed by atoms with Gasteiger partial charge in [0.15, 0.2) is 0 Å². The third-order valence-corrected chi connectivity index (χ3v) is 2.48. The highest BCUT2D eigenvalue weighted by molar-refractivity contribution is 9.09. The van der Waals surface area contributed by atoms with Crippen molar-refractivity contribution >= 4 is 15.9 Å². The molecule has 0 aromatic heterocycles. The Morgan fingerprint density at radius 3 is 2.57 bits per heavy atom. The Kier molecular flexibility index (Phi) is 4.45. The van der Waals surface area contributed by atoms with Gasteiger partial charge in [-0.1, -0.05) is 22.0 Å². The zero-order valence-electron chi connectivity index (χ0n) is 7.44. The molecule has 0 aliphatic carbocycles. The molecule has 1 aromatic carbocycles. The predicted octanol–water partition coefficient (Wildman–Crippen LogP) is 4.09. The largest absolute Gasteiger partial charge is 0.264 e. The quantitative estimate of drug-likeness (QED) is 0.721. The summed E-state index contributed by atoms with van der Waals surface area (Å²) in [4.78, 5) is 0. The Morgan fingerprint density at radius 1 is 1.29 bits per heavy atom. The summed E-state index contributed by atoms with van der Waals surface area (Å²) in [6, 6.07) is 3.56. The summed E-state index contributed by atoms with van der Waals surface area (Å²) in [5.74, 6) is -0.608. The van der Waals surface area contributed by atoms with Crippen LogP contribution in [0.1, 0.15) is 24.0 Å². The fourth-order valence-corrected chi connectivity index (χ4v) is 1.53. The standard InChI is InChI=1S/C10H10BrF3/c11-5-1-2-7-3-4-8(12)6-9(7)10(13)14/h3-4,6,10H,1-2,5H2. The van der Waals surface area contributed by atoms with Gasteiger partial charge in [0.05, 0.1) is 0 Å². The van der Waals surface area contributed by atoms with Crippen LogP contribution < -0.4 is 0 Å². The van der Waals surface area contributed by atoms with Gasteiger partial charge in [0.2, 0.25) is 0 Å². The van der Waals surface area contributed by atoms with Crippen LogP contribution in [-0.2, 0) is 6.42 Å². The number of alkyl halides is 3. The van der Waals surface area contributed by atoms with Crippen LogP contribution in [0.5, 0.6) is 0 Å². The third kappa shape index (κ3) is 3.01. The van der Waals surface area contributed by atoms with E-state index < -0.39 is 12.2 Å². The summed E-state index contributed by atoms with van der Waals surface area (Å²) in [6.45, 7) is 0. The molecule has 0 atom stereocenters. The van der Waals surface area contributed by atoms with Crippen LogP contribution in [0.25, 0.3) is 0 Å². The summed E-state index contributed by atoms with van der Waals surface area (Å²) in [5.41, 5.74) is 0.340. The molecule has 78 valence electrons. The molecular weight excluding hydrogens is 257 g/mol. The minimum Gasteiger partial charge on any atom is -0.207 e. The Bertz CT molecular complexity index is 299. The maximum atomic E-state index is 12.7. The zero-order valence-corrected chi connectivity index (χ0v) is 9.03. The summed E-state index contributed by atoms with van der Waals surface area (Å²) < 4.78 is 37.6. The van der Waals surface area contributed by atoms with Crippen molar-refractivity contribution in [3.63, 3.8) is 0 Å². The average molecular weight is 267 g/mol. The lowest BCUT2D eigenvalue weighted by molar-refractivity contribution is 0.149. The van der Waals surface area contributed by atoms with Gasteiger partial charge in [-0.25, -0.2) is 13.2 Å². The smallest absolute Gasteiger partial charge is 0.207 e. The molecular formula is C10H10BrF3. The molecule has 0 radical (unpaired) electrons. The van der Waals surface area contributed by atoms with Gasteiger partial charge >= 0.3 is 0 Å². The van der Waals surface area contributed by atoms with E-state index in [1.807, 2.05) is 0 Å². The minimum atomic E-state index is -2.60. The molecule has 0 spiro atoms. The van der Waals surface area contributed by atoms with Crippen molar-refractivity contribution in [1.82, 2.24) is 0 Å². The molecule has 1 aromatic rings. The van der Waals surface area contributed by atoms with Crippen molar-refractivity contribution in [1.29, 1.82) is 0 Å². The van der Waals surface area contributed by atoms with Gasteiger partial charge in [0.25, 0.3) is 6.43 Å². The Labute approximate surface area is 89.3 Å². The first-order chi connectivity index (χ1) is 6.65. The lowest BCUT2D eigenvalue weighted by Gasteiger charge is -2.07. The van der Waals surface area contributed by atoms with Crippen LogP contribution in [0.4, 0.5) is 13.2 Å². The summed E-state index contributed by atoms with van der Waals surface area (Å²) in [5, 5.41) is 0.757. The highest BCUT2D eigenvalue weighted by Gasteiger charge is 2.13. The topological polar surface area (TPSA) is 0 Å². The Morgan fingerprint density at radius 2 is 2.00 bits per heavy atom. The van der Waals surface area contributed by atoms with Crippen LogP contribution in [0.15, 0.2) is 18.2 Å². The van der Waals surface area contributed by atoms with Gasteiger partial charge < -0.3 is 0 Å². The normalized spacial score (nSPS) is 10.9. The predicted molar refractivity (Wildman–Crippen MR) is 53.5 cm³/mol. The number of hydrogen-bond acceptors (Lipinski definition) is 0. The van der Waals surface area contributed by atoms with Crippen LogP contribution in [-0.4, -0.2) is 5.33 Å². The van der Waals surface area contributed by atoms with E-state index in [0.29, 0.717) is 12.0 Å². The molecule has 0 heterocycles. The van der Waals surface area contributed by atoms with E-state index in [4.69, 9.17) is 0 Å². The van der Waals surface area contributed by atoms with E-state index in [1.54, 1.807) is 0 Å². The number of rotatable bonds is 4. The second-order valence-corrected chi connectivity index (χ2v) is 3.73. The lowest BCUT2D eigenvalue weighted by atomic mass is 10.0. The van der Waals surface area contributed by atoms with E-state index >= 15 is 0 Å². The first-order valence-electron chi connectivity index (χ1n) is 4.27. The minimum absolute atomic E-state index is 0.189. The summed E-state index contributed by atoms with van der Waals surface area (Å²) in [6.07, 6.45) is -1.28. The molecule has 0 nitrogen and oxygen atoms in total. The van der Waals surface area contributed by atoms with E-state index in [0.717, 1.165) is 17.8 Å². The molecule has 4 heteroatoms. The molecule has 0 saturated heterocycles. The van der Waals surface area contributed by atoms with Gasteiger partial charge in [-0.15, -0.1) is 0 Å². The highest BCUT2D eigenvalue weighted by atomic mass is 79.9. The Hall–Kier alpha value is -0.510. The molecule has 0 aliphatic heterocycles. The van der Waals surface area contributed by atoms with Crippen LogP contribution in [0.3, 0.4) is 0 Å². The molecule has 0 aliphatic rings. The van der Waals surface area contributed by atoms with Gasteiger partial charge in [-0.3, -0.25) is 0 Å². The highest BCUT2D eigenvalue weighted by Crippen LogP contribution is 2.24. The molecule has 14 heavy (non-hydrogen) atoms. The fraction of sp³-hybridized carbons (Fsp3) is 0.400. The van der Waals surface area contributed by atoms with Crippen LogP contribution in [0.2, 0.25) is 0 Å². The molecule has 0 bridgehead atoms. The van der Waals surface area contributed by atoms with Crippen LogP contribution in [0, 0.1) is 5.82 Å². The second kappa shape index (κ2) is 5.39. The van der Waals surface area contributed by atoms with Crippen LogP contribution >= 0.6 is 15.9 Å². The molecule has 0 saturated carbocycles. The van der Waals surface area contributed by atoms with E-state index in [1.165, 1.54) is 12.1 Å². The lowest BCUT2D eigenvalue weighted by Crippen LogP contribution is -1.96. The molecule has 1 rings (SSSR count). The van der Waals surface area contributed by atoms with Crippen molar-refractivity contribution < 1.29 is 13.2 Å². The maximum Gasteiger partial charge on any atom is 0.264 e. The molecule has 0 unspecified atom stereocenters. The second-order valence-electron chi connectivity index (χ2n) is 2.94. The molecule has 0 fully saturated rings. The number of aryl methyl sites for hydroxylation is 1. The van der Waals surface area contributed by atoms with Crippen molar-refractivity contribution in [2.45, 2.75) is 19.3 Å². The first-order valence-corrected chi connectivity index (χ1v) is 5.39. The van der Waals surface area contributed by atoms with E-state index in [2.05, 4.69) is 15.9 Å². The van der Waals surface area contributed by atoms with E-state index in [9.17, 15) is 13.2 Å². The van der Waals surface area contributed by atoms with Crippen molar-refractivity contribution in [3.05, 3.63) is 35.1 Å². The third-order valence-electron chi connectivity index (χ3n) is 1.92. The van der Waals surface area contributed by atoms with Gasteiger partial charge in [0.1, 0.15) is 5.82 Å². The average Bonchev–Trinajstić information content (AvgIpc) is 2.15. The monoisotopic (exact) mass is 266 g/mol. The van der Waals surface area contributed by atoms with Crippen molar-refractivity contribution in [2.75, 3.05) is 5.33 Å². The number of hydrogen-bond donors (Lipinski definition) is 0. The maximum absolute atomic E-state index is 12.7. The summed E-state index contributed by atoms with van der Waals surface area (Å²) in [7, 11) is 0. The SMILES string of the molecule is Fc1ccc(CCCBr)c(C(F)F)c1. The van der Waals surface area contributed by atoms with Crippen molar-refractivity contribution in [2.24, 2.45) is 0 Å². The Balaban J connectivity index is 2.90. The zero-order chi connectivity index (χ0) is 10.6. The van der Waals surface area contributed by atoms with Gasteiger partial charge in [-0.2, -0.15) is 0 Å². The number of halogens is 4. The van der Waals surface area contributed by atoms with Gasteiger partial charge in [-0.05, 0) is 30.5 Å². The summed E-state index contributed by atoms with van der Waals surface area (Å²) >= 11 is 3.22. The first kappa shape index (κ1) is 11.6. The molecule has 0 N–H and O–H groups in total.